The molecule has 0 amide bonds. The minimum absolute atomic E-state index is 0.224. The molecule has 5 nitrogen and oxygen atoms in total. The normalized spacial score (nSPS) is 28.3. The Morgan fingerprint density at radius 2 is 2.41 bits per heavy atom. The molecule has 118 valence electrons. The Kier molecular flexibility index (Phi) is 4.00. The van der Waals surface area contributed by atoms with E-state index in [1.165, 1.54) is 5.56 Å². The van der Waals surface area contributed by atoms with Gasteiger partial charge in [0, 0.05) is 36.0 Å². The number of aromatic nitrogens is 1. The number of hydrogen-bond acceptors (Lipinski definition) is 6. The van der Waals surface area contributed by atoms with Gasteiger partial charge in [0.2, 0.25) is 0 Å². The van der Waals surface area contributed by atoms with Gasteiger partial charge in [-0.15, -0.1) is 11.3 Å². The molecule has 3 atom stereocenters. The Morgan fingerprint density at radius 1 is 1.45 bits per heavy atom. The molecule has 4 heterocycles. The van der Waals surface area contributed by atoms with Crippen LogP contribution in [0.5, 0.6) is 0 Å². The molecule has 4 rings (SSSR count). The molecule has 2 saturated heterocycles. The van der Waals surface area contributed by atoms with E-state index in [0.717, 1.165) is 37.0 Å². The molecule has 0 spiro atoms. The summed E-state index contributed by atoms with van der Waals surface area (Å²) in [6, 6.07) is 2.48. The SMILES string of the molecule is Cc1nc(CO[C@@H]2CN(Cc3ccoc3)[C@H]3COC[C@@H]23)cs1. The fourth-order valence-corrected chi connectivity index (χ4v) is 4.03. The fourth-order valence-electron chi connectivity index (χ4n) is 3.43. The molecule has 2 aliphatic heterocycles. The first-order valence-corrected chi connectivity index (χ1v) is 8.53. The first-order valence-electron chi connectivity index (χ1n) is 7.65. The Morgan fingerprint density at radius 3 is 3.18 bits per heavy atom. The molecule has 2 aliphatic rings. The van der Waals surface area contributed by atoms with Gasteiger partial charge in [-0.3, -0.25) is 4.90 Å². The predicted octanol–water partition coefficient (Wildman–Crippen LogP) is 2.46. The van der Waals surface area contributed by atoms with Crippen molar-refractivity contribution < 1.29 is 13.9 Å². The Hall–Kier alpha value is -1.21. The van der Waals surface area contributed by atoms with E-state index in [-0.39, 0.29) is 6.10 Å². The smallest absolute Gasteiger partial charge is 0.0947 e. The number of furan rings is 1. The van der Waals surface area contributed by atoms with E-state index < -0.39 is 0 Å². The van der Waals surface area contributed by atoms with Crippen molar-refractivity contribution in [2.24, 2.45) is 5.92 Å². The van der Waals surface area contributed by atoms with Crippen LogP contribution in [0.3, 0.4) is 0 Å². The zero-order chi connectivity index (χ0) is 14.9. The maximum Gasteiger partial charge on any atom is 0.0947 e. The van der Waals surface area contributed by atoms with Crippen LogP contribution in [0.25, 0.3) is 0 Å². The number of likely N-dealkylation sites (tertiary alicyclic amines) is 1. The number of nitrogens with zero attached hydrogens (tertiary/aromatic N) is 2. The van der Waals surface area contributed by atoms with E-state index in [0.29, 0.717) is 18.6 Å². The quantitative estimate of drug-likeness (QED) is 0.847. The first-order chi connectivity index (χ1) is 10.8. The van der Waals surface area contributed by atoms with E-state index in [4.69, 9.17) is 13.9 Å². The third-order valence-corrected chi connectivity index (χ3v) is 5.35. The van der Waals surface area contributed by atoms with E-state index in [1.807, 2.05) is 19.3 Å². The lowest BCUT2D eigenvalue weighted by atomic mass is 10.0. The van der Waals surface area contributed by atoms with Gasteiger partial charge in [0.05, 0.1) is 49.2 Å². The number of aryl methyl sites for hydroxylation is 1. The van der Waals surface area contributed by atoms with Crippen molar-refractivity contribution in [3.63, 3.8) is 0 Å². The van der Waals surface area contributed by atoms with Gasteiger partial charge >= 0.3 is 0 Å². The second kappa shape index (κ2) is 6.12. The molecule has 2 fully saturated rings. The van der Waals surface area contributed by atoms with Gasteiger partial charge in [0.1, 0.15) is 0 Å². The minimum atomic E-state index is 0.224. The van der Waals surface area contributed by atoms with Crippen molar-refractivity contribution in [2.75, 3.05) is 19.8 Å². The van der Waals surface area contributed by atoms with Gasteiger partial charge in [-0.1, -0.05) is 0 Å². The van der Waals surface area contributed by atoms with E-state index in [9.17, 15) is 0 Å². The lowest BCUT2D eigenvalue weighted by Crippen LogP contribution is -2.32. The topological polar surface area (TPSA) is 47.7 Å². The highest BCUT2D eigenvalue weighted by atomic mass is 32.1. The number of ether oxygens (including phenoxy) is 2. The van der Waals surface area contributed by atoms with Crippen LogP contribution in [-0.2, 0) is 22.6 Å². The third-order valence-electron chi connectivity index (χ3n) is 4.53. The highest BCUT2D eigenvalue weighted by molar-refractivity contribution is 7.09. The van der Waals surface area contributed by atoms with E-state index in [2.05, 4.69) is 15.3 Å². The summed E-state index contributed by atoms with van der Waals surface area (Å²) < 4.78 is 17.0. The van der Waals surface area contributed by atoms with Crippen LogP contribution < -0.4 is 0 Å². The van der Waals surface area contributed by atoms with Gasteiger partial charge in [0.25, 0.3) is 0 Å². The summed E-state index contributed by atoms with van der Waals surface area (Å²) in [6.07, 6.45) is 3.77. The van der Waals surface area contributed by atoms with Crippen LogP contribution in [0.15, 0.2) is 28.4 Å². The molecule has 0 aromatic carbocycles. The number of rotatable bonds is 5. The maximum absolute atomic E-state index is 6.16. The van der Waals surface area contributed by atoms with Crippen LogP contribution in [0, 0.1) is 12.8 Å². The maximum atomic E-state index is 6.16. The van der Waals surface area contributed by atoms with Crippen LogP contribution in [0.4, 0.5) is 0 Å². The second-order valence-corrected chi connectivity index (χ2v) is 7.10. The van der Waals surface area contributed by atoms with Crippen molar-refractivity contribution in [2.45, 2.75) is 32.2 Å². The van der Waals surface area contributed by atoms with Gasteiger partial charge in [-0.25, -0.2) is 4.98 Å². The van der Waals surface area contributed by atoms with E-state index in [1.54, 1.807) is 17.6 Å². The Balaban J connectivity index is 1.40. The number of thiazole rings is 1. The summed E-state index contributed by atoms with van der Waals surface area (Å²) in [6.45, 7) is 6.07. The average Bonchev–Trinajstić information content (AvgIpc) is 3.24. The van der Waals surface area contributed by atoms with Gasteiger partial charge < -0.3 is 13.9 Å². The highest BCUT2D eigenvalue weighted by Crippen LogP contribution is 2.33. The van der Waals surface area contributed by atoms with Crippen LogP contribution >= 0.6 is 11.3 Å². The summed E-state index contributed by atoms with van der Waals surface area (Å²) in [7, 11) is 0. The van der Waals surface area contributed by atoms with Crippen molar-refractivity contribution >= 4 is 11.3 Å². The Labute approximate surface area is 133 Å². The van der Waals surface area contributed by atoms with E-state index >= 15 is 0 Å². The third kappa shape index (κ3) is 2.84. The zero-order valence-electron chi connectivity index (χ0n) is 12.6. The molecule has 0 unspecified atom stereocenters. The largest absolute Gasteiger partial charge is 0.472 e. The molecule has 0 N–H and O–H groups in total. The summed E-state index contributed by atoms with van der Waals surface area (Å²) in [5.41, 5.74) is 2.24. The number of hydrogen-bond donors (Lipinski definition) is 0. The molecule has 22 heavy (non-hydrogen) atoms. The standard InChI is InChI=1S/C16H20N2O3S/c1-11-17-13(10-22-11)7-21-16-5-18(4-12-2-3-19-6-12)15-9-20-8-14(15)16/h2-3,6,10,14-16H,4-5,7-9H2,1H3/t14-,15+,16-/m1/s1. The molecule has 0 bridgehead atoms. The van der Waals surface area contributed by atoms with Crippen molar-refractivity contribution in [3.8, 4) is 0 Å². The summed E-state index contributed by atoms with van der Waals surface area (Å²) in [4.78, 5) is 6.93. The Bertz CT molecular complexity index is 613. The van der Waals surface area contributed by atoms with Gasteiger partial charge in [-0.2, -0.15) is 0 Å². The van der Waals surface area contributed by atoms with Crippen LogP contribution in [0.2, 0.25) is 0 Å². The molecule has 2 aromatic rings. The molecule has 2 aromatic heterocycles. The summed E-state index contributed by atoms with van der Waals surface area (Å²) in [5, 5.41) is 3.17. The lowest BCUT2D eigenvalue weighted by Gasteiger charge is -2.20. The first kappa shape index (κ1) is 14.4. The predicted molar refractivity (Wildman–Crippen MR) is 82.6 cm³/mol. The highest BCUT2D eigenvalue weighted by Gasteiger charge is 2.45. The minimum Gasteiger partial charge on any atom is -0.472 e. The van der Waals surface area contributed by atoms with Crippen molar-refractivity contribution in [1.29, 1.82) is 0 Å². The summed E-state index contributed by atoms with van der Waals surface area (Å²) in [5.74, 6) is 0.464. The molecular formula is C16H20N2O3S. The molecule has 0 radical (unpaired) electrons. The average molecular weight is 320 g/mol. The number of fused-ring (bicyclic) bond motifs is 1. The molecular weight excluding hydrogens is 300 g/mol. The molecule has 0 aliphatic carbocycles. The van der Waals surface area contributed by atoms with Crippen molar-refractivity contribution in [3.05, 3.63) is 40.2 Å². The van der Waals surface area contributed by atoms with Crippen molar-refractivity contribution in [1.82, 2.24) is 9.88 Å². The second-order valence-electron chi connectivity index (χ2n) is 6.04. The van der Waals surface area contributed by atoms with Gasteiger partial charge in [-0.05, 0) is 13.0 Å². The molecule has 6 heteroatoms. The lowest BCUT2D eigenvalue weighted by molar-refractivity contribution is 0.00755. The van der Waals surface area contributed by atoms with Crippen LogP contribution in [0.1, 0.15) is 16.3 Å². The fraction of sp³-hybridized carbons (Fsp3) is 0.562. The molecule has 0 saturated carbocycles. The van der Waals surface area contributed by atoms with Gasteiger partial charge in [0.15, 0.2) is 0 Å². The summed E-state index contributed by atoms with van der Waals surface area (Å²) >= 11 is 1.67. The monoisotopic (exact) mass is 320 g/mol. The zero-order valence-corrected chi connectivity index (χ0v) is 13.4. The van der Waals surface area contributed by atoms with Crippen LogP contribution in [-0.4, -0.2) is 41.8 Å².